The summed E-state index contributed by atoms with van der Waals surface area (Å²) < 4.78 is 0. The van der Waals surface area contributed by atoms with Crippen molar-refractivity contribution in [1.82, 2.24) is 0 Å². The summed E-state index contributed by atoms with van der Waals surface area (Å²) in [5, 5.41) is 17.8. The lowest BCUT2D eigenvalue weighted by Gasteiger charge is -2.16. The van der Waals surface area contributed by atoms with Crippen molar-refractivity contribution in [3.63, 3.8) is 0 Å². The summed E-state index contributed by atoms with van der Waals surface area (Å²) in [7, 11) is 0. The highest BCUT2D eigenvalue weighted by molar-refractivity contribution is 5.84. The average molecular weight is 208 g/mol. The smallest absolute Gasteiger partial charge is 0.311 e. The molecule has 1 rings (SSSR count). The fraction of sp³-hybridized carbons (Fsp3) is 0.273. The Morgan fingerprint density at radius 1 is 1.07 bits per heavy atom. The van der Waals surface area contributed by atoms with Gasteiger partial charge in [-0.05, 0) is 5.56 Å². The number of rotatable bonds is 4. The molecule has 2 unspecified atom stereocenters. The molecule has 0 radical (unpaired) electrons. The Balaban J connectivity index is 3.04. The molecule has 0 aliphatic heterocycles. The second-order valence-electron chi connectivity index (χ2n) is 3.35. The number of aliphatic carboxylic acids is 2. The highest BCUT2D eigenvalue weighted by Gasteiger charge is 2.31. The SMILES string of the molecule is CC(C(=O)O)C(C(=O)O)c1ccccc1. The van der Waals surface area contributed by atoms with Crippen molar-refractivity contribution in [2.45, 2.75) is 12.8 Å². The van der Waals surface area contributed by atoms with Gasteiger partial charge in [0.1, 0.15) is 0 Å². The van der Waals surface area contributed by atoms with Crippen LogP contribution in [0.4, 0.5) is 0 Å². The Morgan fingerprint density at radius 2 is 1.60 bits per heavy atom. The first-order chi connectivity index (χ1) is 7.04. The molecule has 15 heavy (non-hydrogen) atoms. The monoisotopic (exact) mass is 208 g/mol. The van der Waals surface area contributed by atoms with Gasteiger partial charge in [-0.2, -0.15) is 0 Å². The lowest BCUT2D eigenvalue weighted by molar-refractivity contribution is -0.149. The second kappa shape index (κ2) is 4.59. The van der Waals surface area contributed by atoms with Crippen molar-refractivity contribution in [3.05, 3.63) is 35.9 Å². The van der Waals surface area contributed by atoms with E-state index in [2.05, 4.69) is 0 Å². The van der Waals surface area contributed by atoms with E-state index in [0.717, 1.165) is 0 Å². The van der Waals surface area contributed by atoms with Gasteiger partial charge in [-0.3, -0.25) is 9.59 Å². The van der Waals surface area contributed by atoms with Gasteiger partial charge in [-0.25, -0.2) is 0 Å². The summed E-state index contributed by atoms with van der Waals surface area (Å²) in [6.45, 7) is 1.40. The number of carboxylic acids is 2. The van der Waals surface area contributed by atoms with Gasteiger partial charge in [0.2, 0.25) is 0 Å². The molecule has 4 nitrogen and oxygen atoms in total. The summed E-state index contributed by atoms with van der Waals surface area (Å²) in [6, 6.07) is 8.39. The molecule has 0 amide bonds. The predicted molar refractivity (Wildman–Crippen MR) is 53.6 cm³/mol. The molecule has 0 spiro atoms. The summed E-state index contributed by atoms with van der Waals surface area (Å²) in [4.78, 5) is 21.7. The maximum Gasteiger partial charge on any atom is 0.311 e. The zero-order chi connectivity index (χ0) is 11.4. The Morgan fingerprint density at radius 3 is 2.00 bits per heavy atom. The van der Waals surface area contributed by atoms with Crippen LogP contribution in [0.2, 0.25) is 0 Å². The number of hydrogen-bond donors (Lipinski definition) is 2. The van der Waals surface area contributed by atoms with E-state index in [4.69, 9.17) is 10.2 Å². The van der Waals surface area contributed by atoms with Crippen LogP contribution < -0.4 is 0 Å². The number of hydrogen-bond acceptors (Lipinski definition) is 2. The molecule has 80 valence electrons. The largest absolute Gasteiger partial charge is 0.481 e. The molecular formula is C11H12O4. The fourth-order valence-electron chi connectivity index (χ4n) is 1.45. The third-order valence-electron chi connectivity index (χ3n) is 2.31. The van der Waals surface area contributed by atoms with Crippen LogP contribution in [0.25, 0.3) is 0 Å². The van der Waals surface area contributed by atoms with Crippen LogP contribution in [0.15, 0.2) is 30.3 Å². The minimum Gasteiger partial charge on any atom is -0.481 e. The summed E-state index contributed by atoms with van der Waals surface area (Å²) in [6.07, 6.45) is 0. The van der Waals surface area contributed by atoms with Crippen LogP contribution >= 0.6 is 0 Å². The fourth-order valence-corrected chi connectivity index (χ4v) is 1.45. The first-order valence-electron chi connectivity index (χ1n) is 4.54. The van der Waals surface area contributed by atoms with Crippen molar-refractivity contribution >= 4 is 11.9 Å². The van der Waals surface area contributed by atoms with E-state index in [0.29, 0.717) is 5.56 Å². The van der Waals surface area contributed by atoms with Crippen LogP contribution in [0.3, 0.4) is 0 Å². The molecule has 0 aliphatic rings. The number of carbonyl (C=O) groups is 2. The van der Waals surface area contributed by atoms with Gasteiger partial charge < -0.3 is 10.2 Å². The van der Waals surface area contributed by atoms with Gasteiger partial charge in [0.05, 0.1) is 11.8 Å². The van der Waals surface area contributed by atoms with Crippen LogP contribution in [0, 0.1) is 5.92 Å². The summed E-state index contributed by atoms with van der Waals surface area (Å²) in [5.41, 5.74) is 0.514. The van der Waals surface area contributed by atoms with Crippen LogP contribution in [-0.4, -0.2) is 22.2 Å². The highest BCUT2D eigenvalue weighted by atomic mass is 16.4. The van der Waals surface area contributed by atoms with Crippen molar-refractivity contribution in [2.75, 3.05) is 0 Å². The minimum absolute atomic E-state index is 0.514. The molecule has 2 N–H and O–H groups in total. The first kappa shape index (κ1) is 11.2. The molecule has 2 atom stereocenters. The summed E-state index contributed by atoms with van der Waals surface area (Å²) in [5.74, 6) is -4.16. The zero-order valence-corrected chi connectivity index (χ0v) is 8.25. The lowest BCUT2D eigenvalue weighted by atomic mass is 9.87. The molecule has 4 heteroatoms. The predicted octanol–water partition coefficient (Wildman–Crippen LogP) is 1.58. The molecular weight excluding hydrogens is 196 g/mol. The maximum absolute atomic E-state index is 11.0. The van der Waals surface area contributed by atoms with Crippen LogP contribution in [-0.2, 0) is 9.59 Å². The van der Waals surface area contributed by atoms with Crippen molar-refractivity contribution in [2.24, 2.45) is 5.92 Å². The zero-order valence-electron chi connectivity index (χ0n) is 8.25. The Labute approximate surface area is 87.2 Å². The van der Waals surface area contributed by atoms with Gasteiger partial charge >= 0.3 is 11.9 Å². The van der Waals surface area contributed by atoms with E-state index >= 15 is 0 Å². The van der Waals surface area contributed by atoms with E-state index < -0.39 is 23.8 Å². The lowest BCUT2D eigenvalue weighted by Crippen LogP contribution is -2.25. The average Bonchev–Trinajstić information content (AvgIpc) is 2.18. The first-order valence-corrected chi connectivity index (χ1v) is 4.54. The van der Waals surface area contributed by atoms with Crippen molar-refractivity contribution in [3.8, 4) is 0 Å². The van der Waals surface area contributed by atoms with Gasteiger partial charge in [0.25, 0.3) is 0 Å². The number of benzene rings is 1. The van der Waals surface area contributed by atoms with E-state index in [1.54, 1.807) is 30.3 Å². The molecule has 1 aromatic carbocycles. The van der Waals surface area contributed by atoms with Gasteiger partial charge in [-0.15, -0.1) is 0 Å². The molecule has 0 aromatic heterocycles. The van der Waals surface area contributed by atoms with E-state index in [1.807, 2.05) is 0 Å². The second-order valence-corrected chi connectivity index (χ2v) is 3.35. The third-order valence-corrected chi connectivity index (χ3v) is 2.31. The van der Waals surface area contributed by atoms with Gasteiger partial charge in [-0.1, -0.05) is 37.3 Å². The molecule has 0 bridgehead atoms. The van der Waals surface area contributed by atoms with Gasteiger partial charge in [0, 0.05) is 0 Å². The van der Waals surface area contributed by atoms with E-state index in [9.17, 15) is 9.59 Å². The van der Waals surface area contributed by atoms with Crippen molar-refractivity contribution in [1.29, 1.82) is 0 Å². The topological polar surface area (TPSA) is 74.6 Å². The van der Waals surface area contributed by atoms with E-state index in [1.165, 1.54) is 6.92 Å². The minimum atomic E-state index is -1.11. The molecule has 0 saturated heterocycles. The maximum atomic E-state index is 11.0. The molecule has 1 aromatic rings. The Hall–Kier alpha value is -1.84. The van der Waals surface area contributed by atoms with Gasteiger partial charge in [0.15, 0.2) is 0 Å². The van der Waals surface area contributed by atoms with Crippen molar-refractivity contribution < 1.29 is 19.8 Å². The standard InChI is InChI=1S/C11H12O4/c1-7(10(12)13)9(11(14)15)8-5-3-2-4-6-8/h2-7,9H,1H3,(H,12,13)(H,14,15). The molecule has 0 heterocycles. The van der Waals surface area contributed by atoms with Crippen LogP contribution in [0.1, 0.15) is 18.4 Å². The van der Waals surface area contributed by atoms with E-state index in [-0.39, 0.29) is 0 Å². The molecule has 0 fully saturated rings. The third kappa shape index (κ3) is 2.56. The quantitative estimate of drug-likeness (QED) is 0.787. The molecule has 0 aliphatic carbocycles. The summed E-state index contributed by atoms with van der Waals surface area (Å²) >= 11 is 0. The Bertz CT molecular complexity index is 358. The normalized spacial score (nSPS) is 14.2. The number of carboxylic acid groups (broad SMARTS) is 2. The molecule has 0 saturated carbocycles. The highest BCUT2D eigenvalue weighted by Crippen LogP contribution is 2.24. The van der Waals surface area contributed by atoms with Crippen LogP contribution in [0.5, 0.6) is 0 Å². The Kier molecular flexibility index (Phi) is 3.44.